The molecule has 0 aliphatic heterocycles. The van der Waals surface area contributed by atoms with Gasteiger partial charge in [-0.15, -0.1) is 0 Å². The molecule has 0 saturated heterocycles. The Morgan fingerprint density at radius 1 is 1.05 bits per heavy atom. The number of benzene rings is 2. The number of nitrogens with zero attached hydrogens (tertiary/aromatic N) is 1. The van der Waals surface area contributed by atoms with Crippen molar-refractivity contribution in [1.82, 2.24) is 4.57 Å². The zero-order valence-electron chi connectivity index (χ0n) is 10.5. The lowest BCUT2D eigenvalue weighted by atomic mass is 10.1. The van der Waals surface area contributed by atoms with Crippen LogP contribution in [0, 0.1) is 0 Å². The van der Waals surface area contributed by atoms with Gasteiger partial charge in [0, 0.05) is 31.6 Å². The first-order chi connectivity index (χ1) is 9.65. The van der Waals surface area contributed by atoms with Crippen LogP contribution >= 0.6 is 31.9 Å². The van der Waals surface area contributed by atoms with Gasteiger partial charge in [0.25, 0.3) is 0 Å². The summed E-state index contributed by atoms with van der Waals surface area (Å²) >= 11 is 6.92. The van der Waals surface area contributed by atoms with E-state index in [1.807, 2.05) is 59.3 Å². The second-order valence-corrected chi connectivity index (χ2v) is 6.32. The zero-order chi connectivity index (χ0) is 14.1. The summed E-state index contributed by atoms with van der Waals surface area (Å²) in [7, 11) is 0. The van der Waals surface area contributed by atoms with Crippen LogP contribution in [0.15, 0.2) is 63.7 Å². The molecule has 2 aromatic carbocycles. The number of hydrogen-bond acceptors (Lipinski definition) is 1. The predicted octanol–water partition coefficient (Wildman–Crippen LogP) is 5.05. The smallest absolute Gasteiger partial charge is 0.182 e. The lowest BCUT2D eigenvalue weighted by Gasteiger charge is -2.06. The highest BCUT2D eigenvalue weighted by molar-refractivity contribution is 9.11. The van der Waals surface area contributed by atoms with Crippen molar-refractivity contribution >= 4 is 48.5 Å². The van der Waals surface area contributed by atoms with Crippen LogP contribution in [0.1, 0.15) is 10.4 Å². The van der Waals surface area contributed by atoms with Gasteiger partial charge in [-0.2, -0.15) is 0 Å². The molecule has 0 spiro atoms. The Labute approximate surface area is 133 Å². The van der Waals surface area contributed by atoms with Crippen molar-refractivity contribution in [3.63, 3.8) is 0 Å². The summed E-state index contributed by atoms with van der Waals surface area (Å²) in [4.78, 5) is 12.3. The van der Waals surface area contributed by atoms with E-state index in [4.69, 9.17) is 0 Å². The fourth-order valence-corrected chi connectivity index (χ4v) is 3.12. The number of fused-ring (bicyclic) bond motifs is 1. The van der Waals surface area contributed by atoms with Crippen LogP contribution in [0.2, 0.25) is 0 Å². The highest BCUT2D eigenvalue weighted by Gasteiger charge is 2.10. The van der Waals surface area contributed by atoms with Crippen molar-refractivity contribution in [3.8, 4) is 0 Å². The molecule has 0 atom stereocenters. The van der Waals surface area contributed by atoms with Crippen LogP contribution in [0.25, 0.3) is 10.9 Å². The number of ketones is 1. The Balaban J connectivity index is 1.94. The Bertz CT molecular complexity index is 792. The second-order valence-electron chi connectivity index (χ2n) is 4.55. The maximum atomic E-state index is 12.3. The van der Waals surface area contributed by atoms with E-state index in [1.165, 1.54) is 0 Å². The van der Waals surface area contributed by atoms with E-state index < -0.39 is 0 Å². The molecule has 0 amide bonds. The number of carbonyl (C=O) groups is 1. The Morgan fingerprint density at radius 3 is 2.65 bits per heavy atom. The summed E-state index contributed by atoms with van der Waals surface area (Å²) in [6.07, 6.45) is 1.95. The van der Waals surface area contributed by atoms with Gasteiger partial charge in [-0.1, -0.05) is 50.1 Å². The molecule has 1 aromatic heterocycles. The normalized spacial score (nSPS) is 10.9. The van der Waals surface area contributed by atoms with Gasteiger partial charge >= 0.3 is 0 Å². The maximum absolute atomic E-state index is 12.3. The molecular weight excluding hydrogens is 382 g/mol. The van der Waals surface area contributed by atoms with Crippen molar-refractivity contribution in [3.05, 3.63) is 69.2 Å². The van der Waals surface area contributed by atoms with Crippen LogP contribution in [-0.2, 0) is 6.54 Å². The molecular formula is C16H11Br2NO. The van der Waals surface area contributed by atoms with Crippen molar-refractivity contribution in [2.45, 2.75) is 6.54 Å². The quantitative estimate of drug-likeness (QED) is 0.571. The summed E-state index contributed by atoms with van der Waals surface area (Å²) < 4.78 is 3.94. The van der Waals surface area contributed by atoms with Gasteiger partial charge in [-0.05, 0) is 30.3 Å². The van der Waals surface area contributed by atoms with Gasteiger partial charge in [0.2, 0.25) is 0 Å². The lowest BCUT2D eigenvalue weighted by Crippen LogP contribution is -2.09. The van der Waals surface area contributed by atoms with E-state index in [0.29, 0.717) is 6.54 Å². The van der Waals surface area contributed by atoms with E-state index in [1.54, 1.807) is 0 Å². The van der Waals surface area contributed by atoms with Gasteiger partial charge in [-0.3, -0.25) is 4.79 Å². The van der Waals surface area contributed by atoms with Crippen molar-refractivity contribution in [2.75, 3.05) is 0 Å². The second kappa shape index (κ2) is 5.54. The fraction of sp³-hybridized carbons (Fsp3) is 0.0625. The number of hydrogen-bond donors (Lipinski definition) is 0. The first-order valence-electron chi connectivity index (χ1n) is 6.17. The molecule has 3 rings (SSSR count). The summed E-state index contributed by atoms with van der Waals surface area (Å²) in [5.41, 5.74) is 1.78. The van der Waals surface area contributed by atoms with E-state index in [9.17, 15) is 4.79 Å². The van der Waals surface area contributed by atoms with Gasteiger partial charge in [-0.25, -0.2) is 0 Å². The molecule has 0 fully saturated rings. The lowest BCUT2D eigenvalue weighted by molar-refractivity contribution is 0.0973. The molecule has 4 heteroatoms. The van der Waals surface area contributed by atoms with Gasteiger partial charge < -0.3 is 4.57 Å². The monoisotopic (exact) mass is 391 g/mol. The molecule has 20 heavy (non-hydrogen) atoms. The van der Waals surface area contributed by atoms with Gasteiger partial charge in [0.15, 0.2) is 5.78 Å². The fourth-order valence-electron chi connectivity index (χ4n) is 2.23. The highest BCUT2D eigenvalue weighted by atomic mass is 79.9. The topological polar surface area (TPSA) is 22.0 Å². The number of rotatable bonds is 3. The average Bonchev–Trinajstić information content (AvgIpc) is 2.83. The summed E-state index contributed by atoms with van der Waals surface area (Å²) in [5.74, 6) is 0.101. The van der Waals surface area contributed by atoms with Crippen LogP contribution in [0.5, 0.6) is 0 Å². The van der Waals surface area contributed by atoms with Crippen LogP contribution in [-0.4, -0.2) is 10.4 Å². The third-order valence-corrected chi connectivity index (χ3v) is 4.41. The summed E-state index contributed by atoms with van der Waals surface area (Å²) in [6.45, 7) is 0.344. The number of Topliss-reactive ketones (excluding diaryl/α,β-unsaturated/α-hetero) is 1. The van der Waals surface area contributed by atoms with E-state index in [-0.39, 0.29) is 5.78 Å². The largest absolute Gasteiger partial charge is 0.340 e. The zero-order valence-corrected chi connectivity index (χ0v) is 13.7. The number of halogens is 2. The first kappa shape index (κ1) is 13.6. The van der Waals surface area contributed by atoms with Crippen molar-refractivity contribution in [1.29, 1.82) is 0 Å². The minimum Gasteiger partial charge on any atom is -0.340 e. The molecule has 0 saturated carbocycles. The summed E-state index contributed by atoms with van der Waals surface area (Å²) in [6, 6.07) is 15.5. The van der Waals surface area contributed by atoms with Crippen LogP contribution < -0.4 is 0 Å². The third kappa shape index (κ3) is 2.58. The van der Waals surface area contributed by atoms with E-state index in [0.717, 1.165) is 25.4 Å². The Hall–Kier alpha value is -1.39. The van der Waals surface area contributed by atoms with Crippen LogP contribution in [0.3, 0.4) is 0 Å². The Morgan fingerprint density at radius 2 is 1.85 bits per heavy atom. The molecule has 0 bridgehead atoms. The standard InChI is InChI=1S/C16H11Br2NO/c17-12-4-1-3-11(9-12)16(20)10-19-8-7-13-14(18)5-2-6-15(13)19/h1-9H,10H2. The first-order valence-corrected chi connectivity index (χ1v) is 7.76. The van der Waals surface area contributed by atoms with E-state index in [2.05, 4.69) is 31.9 Å². The molecule has 0 aliphatic rings. The van der Waals surface area contributed by atoms with Crippen molar-refractivity contribution in [2.24, 2.45) is 0 Å². The molecule has 0 radical (unpaired) electrons. The number of carbonyl (C=O) groups excluding carboxylic acids is 1. The number of aromatic nitrogens is 1. The molecule has 0 aliphatic carbocycles. The van der Waals surface area contributed by atoms with Gasteiger partial charge in [0.05, 0.1) is 6.54 Å². The highest BCUT2D eigenvalue weighted by Crippen LogP contribution is 2.25. The summed E-state index contributed by atoms with van der Waals surface area (Å²) in [5, 5.41) is 1.12. The Kier molecular flexibility index (Phi) is 3.76. The molecule has 1 heterocycles. The van der Waals surface area contributed by atoms with Crippen LogP contribution in [0.4, 0.5) is 0 Å². The minimum atomic E-state index is 0.101. The minimum absolute atomic E-state index is 0.101. The van der Waals surface area contributed by atoms with Crippen molar-refractivity contribution < 1.29 is 4.79 Å². The molecule has 100 valence electrons. The van der Waals surface area contributed by atoms with Gasteiger partial charge in [0.1, 0.15) is 0 Å². The van der Waals surface area contributed by atoms with E-state index >= 15 is 0 Å². The predicted molar refractivity (Wildman–Crippen MR) is 88.1 cm³/mol. The maximum Gasteiger partial charge on any atom is 0.182 e. The molecule has 3 aromatic rings. The molecule has 2 nitrogen and oxygen atoms in total. The third-order valence-electron chi connectivity index (χ3n) is 3.22. The molecule has 0 unspecified atom stereocenters. The molecule has 0 N–H and O–H groups in total. The average molecular weight is 393 g/mol. The SMILES string of the molecule is O=C(Cn1ccc2c(Br)cccc21)c1cccc(Br)c1.